The van der Waals surface area contributed by atoms with Gasteiger partial charge in [0.1, 0.15) is 54.2 Å². The van der Waals surface area contributed by atoms with Gasteiger partial charge < -0.3 is 69.7 Å². The molecule has 5 fully saturated rings. The predicted octanol–water partition coefficient (Wildman–Crippen LogP) is 10.6. The molecule has 5 aliphatic heterocycles. The summed E-state index contributed by atoms with van der Waals surface area (Å²) in [4.78, 5) is 30.2. The number of esters is 1. The monoisotopic (exact) mass is 1140 g/mol. The van der Waals surface area contributed by atoms with Crippen LogP contribution in [0.3, 0.4) is 0 Å². The van der Waals surface area contributed by atoms with Crippen molar-refractivity contribution in [3.63, 3.8) is 0 Å². The van der Waals surface area contributed by atoms with Gasteiger partial charge in [0.15, 0.2) is 0 Å². The lowest BCUT2D eigenvalue weighted by molar-refractivity contribution is -0.369. The van der Waals surface area contributed by atoms with Crippen molar-refractivity contribution in [3.8, 4) is 11.5 Å². The first-order valence-electron chi connectivity index (χ1n) is 27.8. The molecular formula is C58H87NO16Si3. The van der Waals surface area contributed by atoms with E-state index in [0.29, 0.717) is 11.5 Å². The quantitative estimate of drug-likeness (QED) is 0.0939. The van der Waals surface area contributed by atoms with Crippen molar-refractivity contribution in [1.29, 1.82) is 0 Å². The molecule has 5 aliphatic rings. The molecule has 0 aromatic heterocycles. The summed E-state index contributed by atoms with van der Waals surface area (Å²) in [7, 11) is -7.13. The van der Waals surface area contributed by atoms with Crippen LogP contribution in [0.5, 0.6) is 11.5 Å². The molecule has 8 rings (SSSR count). The minimum atomic E-state index is -3.62. The maximum Gasteiger partial charge on any atom is 0.404 e. The summed E-state index contributed by atoms with van der Waals surface area (Å²) in [6.45, 7) is 30.3. The van der Waals surface area contributed by atoms with Gasteiger partial charge in [0.2, 0.25) is 6.29 Å². The van der Waals surface area contributed by atoms with E-state index in [1.165, 1.54) is 7.11 Å². The van der Waals surface area contributed by atoms with Crippen LogP contribution in [-0.2, 0) is 68.6 Å². The summed E-state index contributed by atoms with van der Waals surface area (Å²) < 4.78 is 91.1. The first-order chi connectivity index (χ1) is 36.8. The van der Waals surface area contributed by atoms with Gasteiger partial charge in [0, 0.05) is 10.1 Å². The summed E-state index contributed by atoms with van der Waals surface area (Å²) in [6.07, 6.45) is -11.4. The Balaban J connectivity index is 1.27. The van der Waals surface area contributed by atoms with Gasteiger partial charge in [0.25, 0.3) is 5.79 Å². The average Bonchev–Trinajstić information content (AvgIpc) is 3.85. The standard InChI is InChI=1S/C58H87NO16Si3/c1-36(2)76(37(3)4)67-35-46(73-77(75-76,38(5)6)39(7)8)49-50-47-44(70-55(62)59(47)78(74-49,56(9,10)11)57(12,13)14)31-58(71-50,54(61)64-16)72-51-48(60)45(34-65-32-40-23-19-17-20-24-40)69-53(68-43-29-27-42(63-15)28-30-43)52(51)66-33-41-25-21-18-22-26-41/h17-30,36-39,44-53,60H,31-35H2,1-16H3/t44-,45+,46+,47+,48-,49+,50+,51-,52+,53+,58-/m0/s1. The van der Waals surface area contributed by atoms with E-state index in [1.54, 1.807) is 31.4 Å². The smallest absolute Gasteiger partial charge is 0.404 e. The molecule has 1 N–H and O–H groups in total. The second-order valence-corrected chi connectivity index (χ2v) is 38.7. The van der Waals surface area contributed by atoms with Gasteiger partial charge in [-0.25, -0.2) is 9.59 Å². The SMILES string of the molecule is COC(=O)[C@@]1(O[C@H]2[C@@H](O)[C@@H](COCc3ccccc3)O[C@@H](Oc3ccc(OC)cc3)[C@@H]2OCc2ccccc2)C[C@@H]2OC(=O)N3[C@H]2[C@@H](O1)[C@@H]([C@H]1CO[Si](C(C)C)(C(C)C)O[Si](C(C)C)(C(C)C)O1)O[Si]3(C(C)(C)C)C(C)(C)C. The molecule has 0 unspecified atom stereocenters. The second kappa shape index (κ2) is 23.6. The highest BCUT2D eigenvalue weighted by atomic mass is 28.5. The Bertz CT molecular complexity index is 2440. The number of rotatable bonds is 18. The molecule has 5 saturated heterocycles. The molecule has 3 aromatic rings. The molecule has 0 aliphatic carbocycles. The summed E-state index contributed by atoms with van der Waals surface area (Å²) in [5.74, 6) is -2.29. The zero-order valence-corrected chi connectivity index (χ0v) is 51.7. The predicted molar refractivity (Wildman–Crippen MR) is 298 cm³/mol. The third-order valence-electron chi connectivity index (χ3n) is 16.4. The zero-order valence-electron chi connectivity index (χ0n) is 48.7. The maximum atomic E-state index is 15.2. The molecule has 20 heteroatoms. The molecule has 11 atom stereocenters. The van der Waals surface area contributed by atoms with Gasteiger partial charge in [-0.05, 0) is 57.6 Å². The van der Waals surface area contributed by atoms with Crippen molar-refractivity contribution in [1.82, 2.24) is 4.57 Å². The van der Waals surface area contributed by atoms with Crippen LogP contribution in [0.25, 0.3) is 0 Å². The number of hydrogen-bond donors (Lipinski definition) is 1. The van der Waals surface area contributed by atoms with Crippen molar-refractivity contribution in [2.24, 2.45) is 0 Å². The van der Waals surface area contributed by atoms with Crippen LogP contribution in [0.2, 0.25) is 32.2 Å². The molecule has 1 amide bonds. The third-order valence-corrected chi connectivity index (χ3v) is 32.5. The van der Waals surface area contributed by atoms with E-state index in [2.05, 4.69) is 96.9 Å². The topological polar surface area (TPSA) is 178 Å². The largest absolute Gasteiger partial charge is 0.497 e. The van der Waals surface area contributed by atoms with Crippen LogP contribution < -0.4 is 9.47 Å². The number of methoxy groups -OCH3 is 2. The molecule has 17 nitrogen and oxygen atoms in total. The van der Waals surface area contributed by atoms with E-state index in [9.17, 15) is 5.11 Å². The third kappa shape index (κ3) is 11.3. The Labute approximate surface area is 465 Å². The zero-order chi connectivity index (χ0) is 56.8. The molecule has 0 spiro atoms. The van der Waals surface area contributed by atoms with Gasteiger partial charge >= 0.3 is 37.7 Å². The van der Waals surface area contributed by atoms with Crippen LogP contribution >= 0.6 is 0 Å². The fraction of sp³-hybridized carbons (Fsp3) is 0.655. The first-order valence-corrected chi connectivity index (χ1v) is 33.6. The maximum absolute atomic E-state index is 15.2. The summed E-state index contributed by atoms with van der Waals surface area (Å²) in [6, 6.07) is 25.3. The van der Waals surface area contributed by atoms with Gasteiger partial charge in [-0.3, -0.25) is 0 Å². The van der Waals surface area contributed by atoms with E-state index in [-0.39, 0.29) is 55.0 Å². The summed E-state index contributed by atoms with van der Waals surface area (Å²) in [5.41, 5.74) is 1.81. The van der Waals surface area contributed by atoms with E-state index < -0.39 is 115 Å². The fourth-order valence-electron chi connectivity index (χ4n) is 12.9. The Morgan fingerprint density at radius 3 is 1.83 bits per heavy atom. The second-order valence-electron chi connectivity index (χ2n) is 24.8. The minimum Gasteiger partial charge on any atom is -0.497 e. The van der Waals surface area contributed by atoms with Gasteiger partial charge in [-0.15, -0.1) is 0 Å². The van der Waals surface area contributed by atoms with Crippen LogP contribution in [-0.4, -0.2) is 142 Å². The highest BCUT2D eigenvalue weighted by molar-refractivity contribution is 6.84. The Morgan fingerprint density at radius 1 is 0.731 bits per heavy atom. The number of aliphatic hydroxyl groups excluding tert-OH is 1. The van der Waals surface area contributed by atoms with Crippen molar-refractivity contribution in [3.05, 3.63) is 96.1 Å². The van der Waals surface area contributed by atoms with Crippen LogP contribution in [0.15, 0.2) is 84.9 Å². The average molecular weight is 1140 g/mol. The van der Waals surface area contributed by atoms with E-state index in [4.69, 9.17) is 60.0 Å². The fourth-order valence-corrected chi connectivity index (χ4v) is 30.3. The Kier molecular flexibility index (Phi) is 18.3. The Morgan fingerprint density at radius 2 is 1.29 bits per heavy atom. The Hall–Kier alpha value is -3.75. The molecule has 0 saturated carbocycles. The number of carbonyl (C=O) groups is 2. The molecule has 0 bridgehead atoms. The van der Waals surface area contributed by atoms with Crippen LogP contribution in [0.1, 0.15) is 114 Å². The van der Waals surface area contributed by atoms with Gasteiger partial charge in [0.05, 0.1) is 59.2 Å². The van der Waals surface area contributed by atoms with Crippen LogP contribution in [0, 0.1) is 0 Å². The number of ether oxygens (including phenoxy) is 9. The molecule has 0 radical (unpaired) electrons. The molecule has 78 heavy (non-hydrogen) atoms. The van der Waals surface area contributed by atoms with Crippen LogP contribution in [0.4, 0.5) is 4.79 Å². The minimum absolute atomic E-state index is 0.0205. The molecule has 432 valence electrons. The summed E-state index contributed by atoms with van der Waals surface area (Å²) in [5, 5.41) is 11.6. The first kappa shape index (κ1) is 60.3. The molecular weight excluding hydrogens is 1050 g/mol. The molecule has 5 heterocycles. The van der Waals surface area contributed by atoms with Crippen molar-refractivity contribution < 1.29 is 74.7 Å². The van der Waals surface area contributed by atoms with E-state index >= 15 is 9.59 Å². The summed E-state index contributed by atoms with van der Waals surface area (Å²) >= 11 is 0. The number of benzene rings is 3. The number of carbonyl (C=O) groups excluding carboxylic acids is 2. The van der Waals surface area contributed by atoms with Gasteiger partial charge in [-0.1, -0.05) is 158 Å². The highest BCUT2D eigenvalue weighted by Crippen LogP contribution is 2.61. The number of aliphatic hydroxyl groups is 1. The number of amides is 1. The van der Waals surface area contributed by atoms with Gasteiger partial charge in [-0.2, -0.15) is 0 Å². The van der Waals surface area contributed by atoms with E-state index in [0.717, 1.165) is 11.1 Å². The lowest BCUT2D eigenvalue weighted by atomic mass is 9.88. The highest BCUT2D eigenvalue weighted by Gasteiger charge is 2.77. The lowest BCUT2D eigenvalue weighted by Crippen LogP contribution is -2.81. The number of hydrogen-bond acceptors (Lipinski definition) is 16. The lowest BCUT2D eigenvalue weighted by Gasteiger charge is -2.63. The van der Waals surface area contributed by atoms with Crippen molar-refractivity contribution in [2.75, 3.05) is 27.4 Å². The van der Waals surface area contributed by atoms with E-state index in [1.807, 2.05) is 65.2 Å². The van der Waals surface area contributed by atoms with Crippen molar-refractivity contribution >= 4 is 37.7 Å². The number of nitrogens with zero attached hydrogens (tertiary/aromatic N) is 1. The van der Waals surface area contributed by atoms with Crippen molar-refractivity contribution in [2.45, 2.75) is 216 Å². The molecule has 3 aromatic carbocycles. The normalized spacial score (nSPS) is 30.7.